The Morgan fingerprint density at radius 1 is 1.25 bits per heavy atom. The molecular weight excluding hydrogens is 325 g/mol. The Bertz CT molecular complexity index is 667. The average molecular weight is 336 g/mol. The first kappa shape index (κ1) is 14.4. The maximum Gasteiger partial charge on any atom is 0.166 e. The molecule has 0 saturated heterocycles. The van der Waals surface area contributed by atoms with Crippen LogP contribution >= 0.6 is 15.9 Å². The summed E-state index contributed by atoms with van der Waals surface area (Å²) < 4.78 is 25.1. The molecule has 102 valence electrons. The van der Waals surface area contributed by atoms with Crippen molar-refractivity contribution in [2.24, 2.45) is 0 Å². The summed E-state index contributed by atoms with van der Waals surface area (Å²) in [6.45, 7) is 0.195. The SMILES string of the molecule is COc1ccc(Br)c(COc2ccc(C#N)cc2F)c1. The monoisotopic (exact) mass is 335 g/mol. The van der Waals surface area contributed by atoms with E-state index in [0.29, 0.717) is 5.75 Å². The van der Waals surface area contributed by atoms with Gasteiger partial charge < -0.3 is 9.47 Å². The van der Waals surface area contributed by atoms with Crippen LogP contribution in [0.3, 0.4) is 0 Å². The van der Waals surface area contributed by atoms with Gasteiger partial charge in [0, 0.05) is 10.0 Å². The van der Waals surface area contributed by atoms with Crippen LogP contribution in [0, 0.1) is 17.1 Å². The molecule has 0 aliphatic carbocycles. The van der Waals surface area contributed by atoms with E-state index in [1.165, 1.54) is 12.1 Å². The molecule has 0 aliphatic heterocycles. The normalized spacial score (nSPS) is 9.90. The van der Waals surface area contributed by atoms with Crippen LogP contribution in [0.15, 0.2) is 40.9 Å². The lowest BCUT2D eigenvalue weighted by Gasteiger charge is -2.10. The fourth-order valence-electron chi connectivity index (χ4n) is 1.63. The van der Waals surface area contributed by atoms with Crippen LogP contribution in [0.2, 0.25) is 0 Å². The molecule has 0 aliphatic rings. The van der Waals surface area contributed by atoms with Crippen LogP contribution in [0.25, 0.3) is 0 Å². The van der Waals surface area contributed by atoms with Gasteiger partial charge in [0.15, 0.2) is 11.6 Å². The first-order valence-corrected chi connectivity index (χ1v) is 6.58. The summed E-state index contributed by atoms with van der Waals surface area (Å²) in [7, 11) is 1.58. The van der Waals surface area contributed by atoms with Crippen molar-refractivity contribution in [2.45, 2.75) is 6.61 Å². The second-order valence-electron chi connectivity index (χ2n) is 4.00. The minimum Gasteiger partial charge on any atom is -0.497 e. The highest BCUT2D eigenvalue weighted by Crippen LogP contribution is 2.25. The van der Waals surface area contributed by atoms with Crippen molar-refractivity contribution in [1.82, 2.24) is 0 Å². The number of nitrogens with zero attached hydrogens (tertiary/aromatic N) is 1. The van der Waals surface area contributed by atoms with Gasteiger partial charge in [-0.15, -0.1) is 0 Å². The van der Waals surface area contributed by atoms with Gasteiger partial charge in [0.2, 0.25) is 0 Å². The first-order valence-electron chi connectivity index (χ1n) is 5.79. The highest BCUT2D eigenvalue weighted by Gasteiger charge is 2.07. The van der Waals surface area contributed by atoms with Crippen LogP contribution in [0.1, 0.15) is 11.1 Å². The molecule has 0 radical (unpaired) electrons. The first-order chi connectivity index (χ1) is 9.63. The Hall–Kier alpha value is -2.06. The molecule has 0 atom stereocenters. The van der Waals surface area contributed by atoms with Gasteiger partial charge in [0.1, 0.15) is 12.4 Å². The lowest BCUT2D eigenvalue weighted by molar-refractivity contribution is 0.289. The van der Waals surface area contributed by atoms with E-state index in [-0.39, 0.29) is 17.9 Å². The number of benzene rings is 2. The van der Waals surface area contributed by atoms with E-state index >= 15 is 0 Å². The molecule has 0 amide bonds. The molecule has 2 rings (SSSR count). The fraction of sp³-hybridized carbons (Fsp3) is 0.133. The Labute approximate surface area is 124 Å². The predicted molar refractivity (Wildman–Crippen MR) is 76.1 cm³/mol. The van der Waals surface area contributed by atoms with Crippen molar-refractivity contribution >= 4 is 15.9 Å². The lowest BCUT2D eigenvalue weighted by atomic mass is 10.2. The molecule has 3 nitrogen and oxygen atoms in total. The summed E-state index contributed by atoms with van der Waals surface area (Å²) in [5.74, 6) is 0.258. The van der Waals surface area contributed by atoms with Crippen LogP contribution in [-0.4, -0.2) is 7.11 Å². The minimum atomic E-state index is -0.553. The van der Waals surface area contributed by atoms with Gasteiger partial charge in [-0.2, -0.15) is 5.26 Å². The molecule has 0 bridgehead atoms. The molecule has 20 heavy (non-hydrogen) atoms. The Kier molecular flexibility index (Phi) is 4.59. The summed E-state index contributed by atoms with van der Waals surface area (Å²) in [6.07, 6.45) is 0. The Morgan fingerprint density at radius 2 is 2.05 bits per heavy atom. The van der Waals surface area contributed by atoms with Crippen molar-refractivity contribution in [3.05, 3.63) is 57.8 Å². The summed E-state index contributed by atoms with van der Waals surface area (Å²) in [6, 6.07) is 11.4. The van der Waals surface area contributed by atoms with E-state index in [0.717, 1.165) is 16.1 Å². The smallest absolute Gasteiger partial charge is 0.166 e. The topological polar surface area (TPSA) is 42.2 Å². The Balaban J connectivity index is 2.15. The maximum atomic E-state index is 13.7. The van der Waals surface area contributed by atoms with Crippen LogP contribution in [-0.2, 0) is 6.61 Å². The standard InChI is InChI=1S/C15H11BrFNO2/c1-19-12-3-4-13(16)11(7-12)9-20-15-5-2-10(8-18)6-14(15)17/h2-7H,9H2,1H3. The van der Waals surface area contributed by atoms with Crippen molar-refractivity contribution < 1.29 is 13.9 Å². The predicted octanol–water partition coefficient (Wildman–Crippen LogP) is 4.05. The van der Waals surface area contributed by atoms with E-state index in [4.69, 9.17) is 14.7 Å². The van der Waals surface area contributed by atoms with Gasteiger partial charge in [0.05, 0.1) is 18.7 Å². The zero-order valence-corrected chi connectivity index (χ0v) is 12.3. The number of hydrogen-bond acceptors (Lipinski definition) is 3. The van der Waals surface area contributed by atoms with Gasteiger partial charge >= 0.3 is 0 Å². The van der Waals surface area contributed by atoms with E-state index < -0.39 is 5.82 Å². The van der Waals surface area contributed by atoms with E-state index in [2.05, 4.69) is 15.9 Å². The summed E-state index contributed by atoms with van der Waals surface area (Å²) >= 11 is 3.40. The van der Waals surface area contributed by atoms with Gasteiger partial charge in [-0.3, -0.25) is 0 Å². The van der Waals surface area contributed by atoms with E-state index in [1.54, 1.807) is 7.11 Å². The van der Waals surface area contributed by atoms with Crippen molar-refractivity contribution in [1.29, 1.82) is 5.26 Å². The number of methoxy groups -OCH3 is 1. The third-order valence-electron chi connectivity index (χ3n) is 2.70. The Morgan fingerprint density at radius 3 is 2.70 bits per heavy atom. The second-order valence-corrected chi connectivity index (χ2v) is 4.86. The van der Waals surface area contributed by atoms with Crippen LogP contribution in [0.4, 0.5) is 4.39 Å². The minimum absolute atomic E-state index is 0.110. The molecule has 0 unspecified atom stereocenters. The second kappa shape index (κ2) is 6.40. The number of nitriles is 1. The zero-order chi connectivity index (χ0) is 14.5. The number of hydrogen-bond donors (Lipinski definition) is 0. The third-order valence-corrected chi connectivity index (χ3v) is 3.47. The molecule has 5 heteroatoms. The molecule has 2 aromatic carbocycles. The summed E-state index contributed by atoms with van der Waals surface area (Å²) in [5.41, 5.74) is 1.10. The molecule has 0 fully saturated rings. The largest absolute Gasteiger partial charge is 0.497 e. The highest BCUT2D eigenvalue weighted by atomic mass is 79.9. The van der Waals surface area contributed by atoms with Gasteiger partial charge in [-0.25, -0.2) is 4.39 Å². The molecule has 0 N–H and O–H groups in total. The molecule has 0 aromatic heterocycles. The van der Waals surface area contributed by atoms with Crippen LogP contribution in [0.5, 0.6) is 11.5 Å². The zero-order valence-electron chi connectivity index (χ0n) is 10.7. The summed E-state index contributed by atoms with van der Waals surface area (Å²) in [5, 5.41) is 8.68. The van der Waals surface area contributed by atoms with Crippen molar-refractivity contribution in [3.8, 4) is 17.6 Å². The third kappa shape index (κ3) is 3.28. The highest BCUT2D eigenvalue weighted by molar-refractivity contribution is 9.10. The lowest BCUT2D eigenvalue weighted by Crippen LogP contribution is -1.99. The van der Waals surface area contributed by atoms with Crippen LogP contribution < -0.4 is 9.47 Å². The van der Waals surface area contributed by atoms with Gasteiger partial charge in [-0.05, 0) is 36.4 Å². The van der Waals surface area contributed by atoms with Crippen molar-refractivity contribution in [2.75, 3.05) is 7.11 Å². The average Bonchev–Trinajstić information content (AvgIpc) is 2.47. The fourth-order valence-corrected chi connectivity index (χ4v) is 1.99. The number of halogens is 2. The van der Waals surface area contributed by atoms with Gasteiger partial charge in [-0.1, -0.05) is 15.9 Å². The quantitative estimate of drug-likeness (QED) is 0.846. The van der Waals surface area contributed by atoms with E-state index in [9.17, 15) is 4.39 Å². The molecule has 2 aromatic rings. The number of ether oxygens (including phenoxy) is 2. The number of rotatable bonds is 4. The molecule has 0 heterocycles. The molecular formula is C15H11BrFNO2. The maximum absolute atomic E-state index is 13.7. The van der Waals surface area contributed by atoms with E-state index in [1.807, 2.05) is 24.3 Å². The molecule has 0 spiro atoms. The molecule has 0 saturated carbocycles. The van der Waals surface area contributed by atoms with Gasteiger partial charge in [0.25, 0.3) is 0 Å². The van der Waals surface area contributed by atoms with Crippen molar-refractivity contribution in [3.63, 3.8) is 0 Å². The summed E-state index contributed by atoms with van der Waals surface area (Å²) in [4.78, 5) is 0.